The summed E-state index contributed by atoms with van der Waals surface area (Å²) in [5.74, 6) is 0.529. The molecule has 0 atom stereocenters. The number of imidazole rings is 1. The molecule has 0 aliphatic heterocycles. The first kappa shape index (κ1) is 10.4. The number of nitrogens with one attached hydrogen (secondary N) is 1. The van der Waals surface area contributed by atoms with Crippen molar-refractivity contribution in [2.24, 2.45) is 0 Å². The van der Waals surface area contributed by atoms with Crippen molar-refractivity contribution in [2.75, 3.05) is 0 Å². The summed E-state index contributed by atoms with van der Waals surface area (Å²) in [4.78, 5) is 15.3. The van der Waals surface area contributed by atoms with Gasteiger partial charge in [0.05, 0.1) is 11.8 Å². The third kappa shape index (κ3) is 1.48. The molecule has 92 valence electrons. The van der Waals surface area contributed by atoms with Gasteiger partial charge < -0.3 is 4.98 Å². The van der Waals surface area contributed by atoms with Crippen LogP contribution in [-0.4, -0.2) is 34.9 Å². The van der Waals surface area contributed by atoms with Gasteiger partial charge in [0, 0.05) is 0 Å². The highest BCUT2D eigenvalue weighted by atomic mass is 35.5. The van der Waals surface area contributed by atoms with Gasteiger partial charge >= 0.3 is 0 Å². The molecule has 4 aromatic rings. The molecule has 1 N–H and O–H groups in total. The van der Waals surface area contributed by atoms with E-state index in [0.717, 1.165) is 11.0 Å². The smallest absolute Gasteiger partial charge is 0.226 e. The molecule has 0 aliphatic carbocycles. The molecule has 1 aromatic carbocycles. The first-order valence-electron chi connectivity index (χ1n) is 5.50. The molecule has 3 heterocycles. The molecule has 8 heteroatoms. The fourth-order valence-electron chi connectivity index (χ4n) is 1.97. The Hall–Kier alpha value is -2.54. The van der Waals surface area contributed by atoms with Crippen LogP contribution in [0.15, 0.2) is 30.6 Å². The Balaban J connectivity index is 2.11. The maximum atomic E-state index is 5.91. The highest BCUT2D eigenvalue weighted by molar-refractivity contribution is 6.28. The van der Waals surface area contributed by atoms with Crippen molar-refractivity contribution in [3.05, 3.63) is 35.9 Å². The number of aromatic amines is 1. The first-order chi connectivity index (χ1) is 9.33. The maximum Gasteiger partial charge on any atom is 0.226 e. The standard InChI is InChI=1S/C11H6ClN7/c12-11-15-9-8(13-5-14-9)10(16-11)19-7-4-2-1-3-6(7)17-18-19/h1-5H,(H,13,14,15,16). The Morgan fingerprint density at radius 3 is 3.00 bits per heavy atom. The van der Waals surface area contributed by atoms with E-state index in [1.165, 1.54) is 6.33 Å². The lowest BCUT2D eigenvalue weighted by molar-refractivity contribution is 0.803. The number of H-pyrrole nitrogens is 1. The van der Waals surface area contributed by atoms with E-state index in [9.17, 15) is 0 Å². The van der Waals surface area contributed by atoms with Crippen molar-refractivity contribution in [3.63, 3.8) is 0 Å². The van der Waals surface area contributed by atoms with E-state index in [2.05, 4.69) is 30.2 Å². The van der Waals surface area contributed by atoms with Crippen molar-refractivity contribution in [1.82, 2.24) is 34.9 Å². The van der Waals surface area contributed by atoms with Crippen LogP contribution < -0.4 is 0 Å². The van der Waals surface area contributed by atoms with Crippen LogP contribution in [0.4, 0.5) is 0 Å². The SMILES string of the molecule is Clc1nc(-n2nnc3ccccc32)c2[nH]cnc2n1. The Morgan fingerprint density at radius 2 is 2.05 bits per heavy atom. The number of halogens is 1. The molecule has 7 nitrogen and oxygen atoms in total. The van der Waals surface area contributed by atoms with E-state index < -0.39 is 0 Å². The molecule has 0 radical (unpaired) electrons. The molecular weight excluding hydrogens is 266 g/mol. The number of rotatable bonds is 1. The van der Waals surface area contributed by atoms with Crippen LogP contribution >= 0.6 is 11.6 Å². The van der Waals surface area contributed by atoms with Crippen LogP contribution in [0.2, 0.25) is 5.28 Å². The molecule has 0 amide bonds. The van der Waals surface area contributed by atoms with Crippen LogP contribution in [0, 0.1) is 0 Å². The van der Waals surface area contributed by atoms with Gasteiger partial charge in [-0.15, -0.1) is 5.10 Å². The molecule has 0 spiro atoms. The van der Waals surface area contributed by atoms with Crippen molar-refractivity contribution >= 4 is 33.8 Å². The fourth-order valence-corrected chi connectivity index (χ4v) is 2.13. The summed E-state index contributed by atoms with van der Waals surface area (Å²) in [7, 11) is 0. The second-order valence-corrected chi connectivity index (χ2v) is 4.25. The summed E-state index contributed by atoms with van der Waals surface area (Å²) in [5.41, 5.74) is 2.78. The zero-order valence-electron chi connectivity index (χ0n) is 9.45. The number of nitrogens with zero attached hydrogens (tertiary/aromatic N) is 6. The van der Waals surface area contributed by atoms with E-state index in [1.807, 2.05) is 24.3 Å². The number of aromatic nitrogens is 7. The lowest BCUT2D eigenvalue weighted by Gasteiger charge is -2.02. The predicted octanol–water partition coefficient (Wildman–Crippen LogP) is 1.74. The monoisotopic (exact) mass is 271 g/mol. The van der Waals surface area contributed by atoms with E-state index in [1.54, 1.807) is 4.68 Å². The highest BCUT2D eigenvalue weighted by Gasteiger charge is 2.14. The van der Waals surface area contributed by atoms with Gasteiger partial charge in [-0.2, -0.15) is 14.6 Å². The molecular formula is C11H6ClN7. The Morgan fingerprint density at radius 1 is 1.16 bits per heavy atom. The van der Waals surface area contributed by atoms with Crippen LogP contribution in [-0.2, 0) is 0 Å². The van der Waals surface area contributed by atoms with Crippen LogP contribution in [0.25, 0.3) is 28.0 Å². The summed E-state index contributed by atoms with van der Waals surface area (Å²) in [6.07, 6.45) is 1.54. The minimum Gasteiger partial charge on any atom is -0.340 e. The third-order valence-corrected chi connectivity index (χ3v) is 2.96. The van der Waals surface area contributed by atoms with Crippen LogP contribution in [0.1, 0.15) is 0 Å². The molecule has 19 heavy (non-hydrogen) atoms. The van der Waals surface area contributed by atoms with Gasteiger partial charge in [-0.25, -0.2) is 4.98 Å². The number of hydrogen-bond acceptors (Lipinski definition) is 5. The normalized spacial score (nSPS) is 11.4. The molecule has 0 saturated heterocycles. The average Bonchev–Trinajstić information content (AvgIpc) is 3.03. The zero-order valence-corrected chi connectivity index (χ0v) is 10.2. The third-order valence-electron chi connectivity index (χ3n) is 2.79. The highest BCUT2D eigenvalue weighted by Crippen LogP contribution is 2.21. The van der Waals surface area contributed by atoms with Gasteiger partial charge in [0.25, 0.3) is 0 Å². The molecule has 0 unspecified atom stereocenters. The van der Waals surface area contributed by atoms with E-state index in [0.29, 0.717) is 17.0 Å². The summed E-state index contributed by atoms with van der Waals surface area (Å²) >= 11 is 5.91. The minimum atomic E-state index is 0.120. The maximum absolute atomic E-state index is 5.91. The zero-order chi connectivity index (χ0) is 12.8. The lowest BCUT2D eigenvalue weighted by Crippen LogP contribution is -2.02. The van der Waals surface area contributed by atoms with Gasteiger partial charge in [-0.05, 0) is 23.7 Å². The quantitative estimate of drug-likeness (QED) is 0.533. The minimum absolute atomic E-state index is 0.120. The molecule has 0 fully saturated rings. The number of benzene rings is 1. The Kier molecular flexibility index (Phi) is 2.04. The summed E-state index contributed by atoms with van der Waals surface area (Å²) in [6, 6.07) is 7.61. The number of para-hydroxylation sites is 1. The van der Waals surface area contributed by atoms with E-state index in [-0.39, 0.29) is 5.28 Å². The number of hydrogen-bond donors (Lipinski definition) is 1. The van der Waals surface area contributed by atoms with Crippen LogP contribution in [0.5, 0.6) is 0 Å². The summed E-state index contributed by atoms with van der Waals surface area (Å²) in [6.45, 7) is 0. The topological polar surface area (TPSA) is 85.2 Å². The van der Waals surface area contributed by atoms with E-state index >= 15 is 0 Å². The van der Waals surface area contributed by atoms with Gasteiger partial charge in [-0.1, -0.05) is 17.3 Å². The van der Waals surface area contributed by atoms with Gasteiger partial charge in [0.15, 0.2) is 11.5 Å². The van der Waals surface area contributed by atoms with Crippen LogP contribution in [0.3, 0.4) is 0 Å². The van der Waals surface area contributed by atoms with Gasteiger partial charge in [0.2, 0.25) is 5.28 Å². The molecule has 0 bridgehead atoms. The summed E-state index contributed by atoms with van der Waals surface area (Å²) < 4.78 is 1.61. The molecule has 0 aliphatic rings. The van der Waals surface area contributed by atoms with Crippen molar-refractivity contribution in [2.45, 2.75) is 0 Å². The summed E-state index contributed by atoms with van der Waals surface area (Å²) in [5, 5.41) is 8.32. The second kappa shape index (κ2) is 3.72. The lowest BCUT2D eigenvalue weighted by atomic mass is 10.3. The molecule has 3 aromatic heterocycles. The Bertz CT molecular complexity index is 894. The largest absolute Gasteiger partial charge is 0.340 e. The van der Waals surface area contributed by atoms with Crippen molar-refractivity contribution in [1.29, 1.82) is 0 Å². The predicted molar refractivity (Wildman–Crippen MR) is 69.1 cm³/mol. The van der Waals surface area contributed by atoms with Crippen molar-refractivity contribution in [3.8, 4) is 5.82 Å². The molecule has 4 rings (SSSR count). The molecule has 0 saturated carbocycles. The van der Waals surface area contributed by atoms with E-state index in [4.69, 9.17) is 11.6 Å². The van der Waals surface area contributed by atoms with Gasteiger partial charge in [-0.3, -0.25) is 0 Å². The fraction of sp³-hybridized carbons (Fsp3) is 0. The van der Waals surface area contributed by atoms with Crippen molar-refractivity contribution < 1.29 is 0 Å². The average molecular weight is 272 g/mol. The number of fused-ring (bicyclic) bond motifs is 2. The Labute approximate surface area is 111 Å². The second-order valence-electron chi connectivity index (χ2n) is 3.91. The van der Waals surface area contributed by atoms with Gasteiger partial charge in [0.1, 0.15) is 11.0 Å². The first-order valence-corrected chi connectivity index (χ1v) is 5.88.